The fraction of sp³-hybridized carbons (Fsp3) is 0.500. The number of halogens is 1. The summed E-state index contributed by atoms with van der Waals surface area (Å²) in [5, 5.41) is 29.6. The molecule has 5 nitrogen and oxygen atoms in total. The maximum atomic E-state index is 10.5. The minimum absolute atomic E-state index is 0.142. The number of rotatable bonds is 11. The third-order valence-electron chi connectivity index (χ3n) is 5.00. The lowest BCUT2D eigenvalue weighted by Crippen LogP contribution is -2.19. The Kier molecular flexibility index (Phi) is 9.55. The van der Waals surface area contributed by atoms with Gasteiger partial charge < -0.3 is 20.1 Å². The first-order valence-electron chi connectivity index (χ1n) is 9.75. The van der Waals surface area contributed by atoms with Crippen molar-refractivity contribution in [2.24, 2.45) is 11.8 Å². The molecule has 0 bridgehead atoms. The van der Waals surface area contributed by atoms with Gasteiger partial charge in [0, 0.05) is 11.4 Å². The molecular weight excluding hydrogens is 380 g/mol. The lowest BCUT2D eigenvalue weighted by Gasteiger charge is -2.19. The van der Waals surface area contributed by atoms with E-state index in [9.17, 15) is 15.0 Å². The number of carbonyl (C=O) groups is 1. The summed E-state index contributed by atoms with van der Waals surface area (Å²) < 4.78 is 5.55. The Morgan fingerprint density at radius 1 is 1.29 bits per heavy atom. The molecule has 1 fully saturated rings. The van der Waals surface area contributed by atoms with Gasteiger partial charge in [0.25, 0.3) is 0 Å². The molecule has 1 aliphatic carbocycles. The van der Waals surface area contributed by atoms with Gasteiger partial charge in [0.1, 0.15) is 18.5 Å². The summed E-state index contributed by atoms with van der Waals surface area (Å²) in [4.78, 5) is 10.5. The first-order chi connectivity index (χ1) is 13.5. The SMILES string of the molecule is O=C(O)CCC=CCC[C@H]1[C@H](O)CC[C@H]1C=CC(O)COc1cccc(Cl)c1. The van der Waals surface area contributed by atoms with E-state index in [4.69, 9.17) is 21.4 Å². The zero-order valence-electron chi connectivity index (χ0n) is 15.9. The van der Waals surface area contributed by atoms with Gasteiger partial charge >= 0.3 is 5.97 Å². The first kappa shape index (κ1) is 22.5. The predicted octanol–water partition coefficient (Wildman–Crippen LogP) is 4.22. The zero-order valence-corrected chi connectivity index (χ0v) is 16.7. The molecule has 6 heteroatoms. The second kappa shape index (κ2) is 11.9. The molecule has 1 aromatic carbocycles. The van der Waals surface area contributed by atoms with Crippen molar-refractivity contribution in [1.82, 2.24) is 0 Å². The highest BCUT2D eigenvalue weighted by molar-refractivity contribution is 6.30. The van der Waals surface area contributed by atoms with E-state index in [1.807, 2.05) is 18.2 Å². The summed E-state index contributed by atoms with van der Waals surface area (Å²) in [7, 11) is 0. The number of benzene rings is 1. The molecule has 4 atom stereocenters. The zero-order chi connectivity index (χ0) is 20.4. The molecule has 0 aliphatic heterocycles. The fourth-order valence-electron chi connectivity index (χ4n) is 3.52. The maximum Gasteiger partial charge on any atom is 0.303 e. The summed E-state index contributed by atoms with van der Waals surface area (Å²) in [5.74, 6) is 0.201. The number of carboxylic acids is 1. The van der Waals surface area contributed by atoms with Crippen LogP contribution in [0, 0.1) is 11.8 Å². The van der Waals surface area contributed by atoms with E-state index < -0.39 is 12.1 Å². The molecule has 1 saturated carbocycles. The topological polar surface area (TPSA) is 87.0 Å². The van der Waals surface area contributed by atoms with Gasteiger partial charge in [0.05, 0.1) is 6.10 Å². The third kappa shape index (κ3) is 8.05. The van der Waals surface area contributed by atoms with E-state index in [1.165, 1.54) is 0 Å². The minimum atomic E-state index is -0.793. The number of aliphatic carboxylic acids is 1. The van der Waals surface area contributed by atoms with Crippen LogP contribution in [-0.2, 0) is 4.79 Å². The summed E-state index contributed by atoms with van der Waals surface area (Å²) >= 11 is 5.91. The van der Waals surface area contributed by atoms with Crippen LogP contribution in [0.3, 0.4) is 0 Å². The molecule has 28 heavy (non-hydrogen) atoms. The number of aliphatic hydroxyl groups excluding tert-OH is 2. The van der Waals surface area contributed by atoms with Crippen molar-refractivity contribution in [3.63, 3.8) is 0 Å². The van der Waals surface area contributed by atoms with Crippen LogP contribution in [0.2, 0.25) is 5.02 Å². The average molecular weight is 409 g/mol. The van der Waals surface area contributed by atoms with Crippen LogP contribution in [0.25, 0.3) is 0 Å². The Bertz CT molecular complexity index is 673. The van der Waals surface area contributed by atoms with Gasteiger partial charge in [-0.3, -0.25) is 4.79 Å². The predicted molar refractivity (Wildman–Crippen MR) is 110 cm³/mol. The number of allylic oxidation sites excluding steroid dienone is 3. The van der Waals surface area contributed by atoms with Crippen molar-refractivity contribution in [3.05, 3.63) is 53.6 Å². The lowest BCUT2D eigenvalue weighted by molar-refractivity contribution is -0.136. The van der Waals surface area contributed by atoms with E-state index in [-0.39, 0.29) is 31.0 Å². The van der Waals surface area contributed by atoms with Crippen molar-refractivity contribution in [2.45, 2.75) is 50.7 Å². The van der Waals surface area contributed by atoms with E-state index in [0.717, 1.165) is 25.7 Å². The van der Waals surface area contributed by atoms with Crippen LogP contribution in [-0.4, -0.2) is 40.1 Å². The van der Waals surface area contributed by atoms with Crippen LogP contribution in [0.15, 0.2) is 48.6 Å². The largest absolute Gasteiger partial charge is 0.491 e. The molecule has 3 N–H and O–H groups in total. The molecule has 0 heterocycles. The van der Waals surface area contributed by atoms with E-state index in [2.05, 4.69) is 0 Å². The Morgan fingerprint density at radius 2 is 2.07 bits per heavy atom. The fourth-order valence-corrected chi connectivity index (χ4v) is 3.70. The Labute approximate surface area is 171 Å². The quantitative estimate of drug-likeness (QED) is 0.477. The second-order valence-electron chi connectivity index (χ2n) is 7.17. The molecule has 2 rings (SSSR count). The number of hydrogen-bond acceptors (Lipinski definition) is 4. The van der Waals surface area contributed by atoms with Gasteiger partial charge in [0.2, 0.25) is 0 Å². The van der Waals surface area contributed by atoms with Crippen LogP contribution >= 0.6 is 11.6 Å². The molecule has 0 aromatic heterocycles. The highest BCUT2D eigenvalue weighted by atomic mass is 35.5. The maximum absolute atomic E-state index is 10.5. The molecular formula is C22H29ClO5. The van der Waals surface area contributed by atoms with Crippen LogP contribution in [0.4, 0.5) is 0 Å². The number of ether oxygens (including phenoxy) is 1. The van der Waals surface area contributed by atoms with E-state index >= 15 is 0 Å². The highest BCUT2D eigenvalue weighted by Gasteiger charge is 2.32. The molecule has 0 saturated heterocycles. The number of aliphatic hydroxyl groups is 2. The van der Waals surface area contributed by atoms with Gasteiger partial charge in [-0.25, -0.2) is 0 Å². The van der Waals surface area contributed by atoms with Crippen molar-refractivity contribution in [2.75, 3.05) is 6.61 Å². The standard InChI is InChI=1S/C22H29ClO5/c23-17-6-5-7-19(14-17)28-15-18(24)12-10-16-11-13-21(25)20(16)8-3-1-2-4-9-22(26)27/h1-2,5-7,10,12,14,16,18,20-21,24-25H,3-4,8-9,11,13,15H2,(H,26,27)/t16-,18?,20-,21-/m1/s1. The first-order valence-corrected chi connectivity index (χ1v) is 10.1. The summed E-state index contributed by atoms with van der Waals surface area (Å²) in [6, 6.07) is 7.04. The Hall–Kier alpha value is -1.82. The van der Waals surface area contributed by atoms with Gasteiger partial charge in [-0.05, 0) is 62.1 Å². The van der Waals surface area contributed by atoms with Crippen LogP contribution < -0.4 is 4.74 Å². The van der Waals surface area contributed by atoms with E-state index in [1.54, 1.807) is 30.3 Å². The molecule has 1 aliphatic rings. The highest BCUT2D eigenvalue weighted by Crippen LogP contribution is 2.36. The van der Waals surface area contributed by atoms with Gasteiger partial charge in [0.15, 0.2) is 0 Å². The Morgan fingerprint density at radius 3 is 2.82 bits per heavy atom. The normalized spacial score (nSPS) is 23.5. The molecule has 154 valence electrons. The van der Waals surface area contributed by atoms with Crippen LogP contribution in [0.5, 0.6) is 5.75 Å². The van der Waals surface area contributed by atoms with Crippen molar-refractivity contribution in [3.8, 4) is 5.75 Å². The lowest BCUT2D eigenvalue weighted by atomic mass is 9.89. The molecule has 0 radical (unpaired) electrons. The number of hydrogen-bond donors (Lipinski definition) is 3. The van der Waals surface area contributed by atoms with Crippen LogP contribution in [0.1, 0.15) is 38.5 Å². The smallest absolute Gasteiger partial charge is 0.303 e. The molecule has 1 unspecified atom stereocenters. The molecule has 0 spiro atoms. The van der Waals surface area contributed by atoms with Crippen molar-refractivity contribution >= 4 is 17.6 Å². The summed E-state index contributed by atoms with van der Waals surface area (Å²) in [6.45, 7) is 0.142. The van der Waals surface area contributed by atoms with Crippen molar-refractivity contribution in [1.29, 1.82) is 0 Å². The minimum Gasteiger partial charge on any atom is -0.491 e. The van der Waals surface area contributed by atoms with Gasteiger partial charge in [-0.1, -0.05) is 42.0 Å². The van der Waals surface area contributed by atoms with Gasteiger partial charge in [-0.15, -0.1) is 0 Å². The second-order valence-corrected chi connectivity index (χ2v) is 7.61. The van der Waals surface area contributed by atoms with Gasteiger partial charge in [-0.2, -0.15) is 0 Å². The monoisotopic (exact) mass is 408 g/mol. The third-order valence-corrected chi connectivity index (χ3v) is 5.23. The van der Waals surface area contributed by atoms with Crippen molar-refractivity contribution < 1.29 is 24.9 Å². The summed E-state index contributed by atoms with van der Waals surface area (Å²) in [5.41, 5.74) is 0. The Balaban J connectivity index is 1.76. The average Bonchev–Trinajstić information content (AvgIpc) is 3.01. The van der Waals surface area contributed by atoms with E-state index in [0.29, 0.717) is 17.2 Å². The molecule has 1 aromatic rings. The number of carboxylic acid groups (broad SMARTS) is 1. The molecule has 0 amide bonds. The summed E-state index contributed by atoms with van der Waals surface area (Å²) in [6.07, 6.45) is 10.5.